The summed E-state index contributed by atoms with van der Waals surface area (Å²) in [6, 6.07) is 4.39. The summed E-state index contributed by atoms with van der Waals surface area (Å²) in [4.78, 5) is 2.23. The lowest BCUT2D eigenvalue weighted by Gasteiger charge is -2.45. The van der Waals surface area contributed by atoms with Crippen molar-refractivity contribution >= 4 is 0 Å². The van der Waals surface area contributed by atoms with Crippen LogP contribution in [-0.2, 0) is 0 Å². The lowest BCUT2D eigenvalue weighted by molar-refractivity contribution is -0.0556. The minimum Gasteiger partial charge on any atom is -0.485 e. The smallest absolute Gasteiger partial charge is 0.126 e. The van der Waals surface area contributed by atoms with Crippen LogP contribution in [-0.4, -0.2) is 35.7 Å². The summed E-state index contributed by atoms with van der Waals surface area (Å²) in [6.45, 7) is 1.89. The van der Waals surface area contributed by atoms with Crippen LogP contribution < -0.4 is 4.74 Å². The summed E-state index contributed by atoms with van der Waals surface area (Å²) >= 11 is 0. The third kappa shape index (κ3) is 1.99. The molecule has 1 N–H and O–H groups in total. The van der Waals surface area contributed by atoms with Crippen molar-refractivity contribution in [3.05, 3.63) is 29.6 Å². The van der Waals surface area contributed by atoms with Crippen molar-refractivity contribution in [2.24, 2.45) is 0 Å². The topological polar surface area (TPSA) is 32.7 Å². The highest BCUT2D eigenvalue weighted by atomic mass is 19.1. The molecule has 2 atom stereocenters. The van der Waals surface area contributed by atoms with E-state index in [-0.39, 0.29) is 11.4 Å². The number of aliphatic hydroxyl groups is 1. The lowest BCUT2D eigenvalue weighted by Crippen LogP contribution is -2.53. The summed E-state index contributed by atoms with van der Waals surface area (Å²) in [5, 5.41) is 10.2. The van der Waals surface area contributed by atoms with Gasteiger partial charge in [0.2, 0.25) is 0 Å². The number of halogens is 1. The molecular formula is C14H18FNO2. The average Bonchev–Trinajstić information content (AvgIpc) is 2.30. The Morgan fingerprint density at radius 3 is 3.11 bits per heavy atom. The minimum atomic E-state index is -0.629. The lowest BCUT2D eigenvalue weighted by atomic mass is 9.83. The van der Waals surface area contributed by atoms with Gasteiger partial charge in [-0.05, 0) is 44.6 Å². The Kier molecular flexibility index (Phi) is 2.79. The summed E-state index contributed by atoms with van der Waals surface area (Å²) in [6.07, 6.45) is 1.94. The summed E-state index contributed by atoms with van der Waals surface area (Å²) < 4.78 is 19.3. The van der Waals surface area contributed by atoms with E-state index in [0.29, 0.717) is 17.7 Å². The molecule has 0 aromatic heterocycles. The first-order valence-corrected chi connectivity index (χ1v) is 6.43. The first kappa shape index (κ1) is 11.9. The fraction of sp³-hybridized carbons (Fsp3) is 0.571. The van der Waals surface area contributed by atoms with E-state index in [4.69, 9.17) is 4.74 Å². The van der Waals surface area contributed by atoms with Crippen LogP contribution in [0.25, 0.3) is 0 Å². The maximum absolute atomic E-state index is 13.2. The maximum atomic E-state index is 13.2. The quantitative estimate of drug-likeness (QED) is 0.766. The largest absolute Gasteiger partial charge is 0.485 e. The zero-order chi connectivity index (χ0) is 12.8. The first-order valence-electron chi connectivity index (χ1n) is 6.43. The number of rotatable bonds is 0. The molecule has 2 aliphatic heterocycles. The number of nitrogens with zero attached hydrogens (tertiary/aromatic N) is 1. The predicted octanol–water partition coefficient (Wildman–Crippen LogP) is 2.11. The molecule has 3 nitrogen and oxygen atoms in total. The van der Waals surface area contributed by atoms with Crippen molar-refractivity contribution < 1.29 is 14.2 Å². The molecule has 0 amide bonds. The van der Waals surface area contributed by atoms with E-state index in [9.17, 15) is 9.50 Å². The van der Waals surface area contributed by atoms with Crippen LogP contribution in [0.3, 0.4) is 0 Å². The molecule has 2 heterocycles. The third-order valence-electron chi connectivity index (χ3n) is 3.95. The number of hydrogen-bond acceptors (Lipinski definition) is 3. The van der Waals surface area contributed by atoms with Gasteiger partial charge in [0.15, 0.2) is 0 Å². The summed E-state index contributed by atoms with van der Waals surface area (Å²) in [7, 11) is 2.07. The van der Waals surface area contributed by atoms with Crippen molar-refractivity contribution in [1.29, 1.82) is 0 Å². The van der Waals surface area contributed by atoms with Gasteiger partial charge in [-0.3, -0.25) is 0 Å². The molecule has 1 saturated heterocycles. The highest BCUT2D eigenvalue weighted by Gasteiger charge is 2.42. The molecule has 18 heavy (non-hydrogen) atoms. The van der Waals surface area contributed by atoms with E-state index in [0.717, 1.165) is 25.9 Å². The second-order valence-corrected chi connectivity index (χ2v) is 5.53. The molecule has 0 bridgehead atoms. The van der Waals surface area contributed by atoms with Gasteiger partial charge in [0, 0.05) is 18.5 Å². The van der Waals surface area contributed by atoms with Gasteiger partial charge in [0.25, 0.3) is 0 Å². The van der Waals surface area contributed by atoms with Crippen LogP contribution in [0.15, 0.2) is 18.2 Å². The molecule has 1 fully saturated rings. The normalized spacial score (nSPS) is 32.1. The summed E-state index contributed by atoms with van der Waals surface area (Å²) in [5.74, 6) is 0.304. The Labute approximate surface area is 106 Å². The van der Waals surface area contributed by atoms with Gasteiger partial charge >= 0.3 is 0 Å². The van der Waals surface area contributed by atoms with Crippen molar-refractivity contribution in [2.45, 2.75) is 31.0 Å². The highest BCUT2D eigenvalue weighted by Crippen LogP contribution is 2.43. The van der Waals surface area contributed by atoms with Crippen molar-refractivity contribution in [3.8, 4) is 5.75 Å². The fourth-order valence-corrected chi connectivity index (χ4v) is 3.18. The molecule has 1 aromatic carbocycles. The highest BCUT2D eigenvalue weighted by molar-refractivity contribution is 5.38. The second-order valence-electron chi connectivity index (χ2n) is 5.53. The Bertz CT molecular complexity index is 465. The molecule has 1 aromatic rings. The molecule has 0 aliphatic carbocycles. The van der Waals surface area contributed by atoms with E-state index in [2.05, 4.69) is 11.9 Å². The Morgan fingerprint density at radius 2 is 2.33 bits per heavy atom. The molecule has 98 valence electrons. The van der Waals surface area contributed by atoms with Crippen LogP contribution in [0, 0.1) is 5.82 Å². The Balaban J connectivity index is 1.93. The average molecular weight is 251 g/mol. The number of ether oxygens (including phenoxy) is 1. The van der Waals surface area contributed by atoms with E-state index in [1.54, 1.807) is 6.07 Å². The number of aliphatic hydroxyl groups excluding tert-OH is 1. The maximum Gasteiger partial charge on any atom is 0.126 e. The van der Waals surface area contributed by atoms with Gasteiger partial charge in [0.1, 0.15) is 17.2 Å². The summed E-state index contributed by atoms with van der Waals surface area (Å²) in [5.41, 5.74) is 0.269. The van der Waals surface area contributed by atoms with Gasteiger partial charge in [-0.2, -0.15) is 0 Å². The van der Waals surface area contributed by atoms with Crippen LogP contribution >= 0.6 is 0 Å². The number of piperidine rings is 1. The molecule has 0 saturated carbocycles. The van der Waals surface area contributed by atoms with E-state index in [1.165, 1.54) is 12.1 Å². The molecule has 4 heteroatoms. The number of likely N-dealkylation sites (N-methyl/N-ethyl adjacent to an activating group) is 1. The molecule has 3 rings (SSSR count). The van der Waals surface area contributed by atoms with E-state index >= 15 is 0 Å². The van der Waals surface area contributed by atoms with Crippen LogP contribution in [0.4, 0.5) is 4.39 Å². The monoisotopic (exact) mass is 251 g/mol. The molecular weight excluding hydrogens is 233 g/mol. The van der Waals surface area contributed by atoms with E-state index < -0.39 is 6.10 Å². The van der Waals surface area contributed by atoms with Crippen molar-refractivity contribution in [3.63, 3.8) is 0 Å². The number of benzene rings is 1. The van der Waals surface area contributed by atoms with Crippen molar-refractivity contribution in [2.75, 3.05) is 20.1 Å². The third-order valence-corrected chi connectivity index (χ3v) is 3.95. The van der Waals surface area contributed by atoms with Crippen LogP contribution in [0.1, 0.15) is 30.9 Å². The Hall–Kier alpha value is -1.13. The molecule has 2 aliphatic rings. The van der Waals surface area contributed by atoms with Gasteiger partial charge in [-0.1, -0.05) is 0 Å². The van der Waals surface area contributed by atoms with Gasteiger partial charge in [0.05, 0.1) is 6.10 Å². The number of fused-ring (bicyclic) bond motifs is 1. The van der Waals surface area contributed by atoms with Crippen LogP contribution in [0.2, 0.25) is 0 Å². The van der Waals surface area contributed by atoms with Gasteiger partial charge in [-0.15, -0.1) is 0 Å². The number of hydrogen-bond donors (Lipinski definition) is 1. The first-order chi connectivity index (χ1) is 8.58. The van der Waals surface area contributed by atoms with E-state index in [1.807, 2.05) is 0 Å². The minimum absolute atomic E-state index is 0.308. The Morgan fingerprint density at radius 1 is 1.50 bits per heavy atom. The zero-order valence-corrected chi connectivity index (χ0v) is 10.5. The van der Waals surface area contributed by atoms with Crippen molar-refractivity contribution in [1.82, 2.24) is 4.90 Å². The standard InChI is InChI=1S/C14H18FNO2/c1-16-6-2-5-14(9-16)8-12(17)11-7-10(15)3-4-13(11)18-14/h3-4,7,12,17H,2,5-6,8-9H2,1H3/t12-,14?/m1/s1. The number of likely N-dealkylation sites (tertiary alicyclic amines) is 1. The fourth-order valence-electron chi connectivity index (χ4n) is 3.18. The van der Waals surface area contributed by atoms with Gasteiger partial charge in [-0.25, -0.2) is 4.39 Å². The molecule has 1 spiro atoms. The van der Waals surface area contributed by atoms with Gasteiger partial charge < -0.3 is 14.7 Å². The van der Waals surface area contributed by atoms with Crippen LogP contribution in [0.5, 0.6) is 5.75 Å². The predicted molar refractivity (Wildman–Crippen MR) is 66.1 cm³/mol. The zero-order valence-electron chi connectivity index (χ0n) is 10.5. The molecule has 1 unspecified atom stereocenters. The SMILES string of the molecule is CN1CCCC2(C[C@@H](O)c3cc(F)ccc3O2)C1. The molecule has 0 radical (unpaired) electrons. The second kappa shape index (κ2) is 4.21.